The molecule has 3 nitrogen and oxygen atoms in total. The van der Waals surface area contributed by atoms with Crippen molar-refractivity contribution >= 4 is 9.84 Å². The van der Waals surface area contributed by atoms with Gasteiger partial charge in [0.2, 0.25) is 0 Å². The number of hydrogen-bond acceptors (Lipinski definition) is 3. The van der Waals surface area contributed by atoms with Gasteiger partial charge in [-0.25, -0.2) is 8.42 Å². The summed E-state index contributed by atoms with van der Waals surface area (Å²) in [5.41, 5.74) is 4.57. The van der Waals surface area contributed by atoms with E-state index in [1.807, 2.05) is 0 Å². The zero-order valence-corrected chi connectivity index (χ0v) is 9.58. The molecule has 0 aromatic carbocycles. The lowest BCUT2D eigenvalue weighted by molar-refractivity contribution is -0.134. The Labute approximate surface area is 87.8 Å². The average Bonchev–Trinajstić information content (AvgIpc) is 1.75. The molecule has 0 aromatic heterocycles. The first kappa shape index (κ1) is 14.7. The number of alkyl halides is 3. The Morgan fingerprint density at radius 1 is 1.20 bits per heavy atom. The highest BCUT2D eigenvalue weighted by atomic mass is 32.2. The van der Waals surface area contributed by atoms with Gasteiger partial charge >= 0.3 is 6.18 Å². The summed E-state index contributed by atoms with van der Waals surface area (Å²) in [6.07, 6.45) is -5.77. The Balaban J connectivity index is 4.08. The smallest absolute Gasteiger partial charge is 0.325 e. The molecule has 0 heterocycles. The van der Waals surface area contributed by atoms with Crippen LogP contribution in [0.25, 0.3) is 0 Å². The minimum Gasteiger partial charge on any atom is -0.325 e. The second-order valence-electron chi connectivity index (χ2n) is 4.30. The van der Waals surface area contributed by atoms with Gasteiger partial charge in [-0.1, -0.05) is 0 Å². The molecule has 0 saturated carbocycles. The lowest BCUT2D eigenvalue weighted by Gasteiger charge is -2.18. The van der Waals surface area contributed by atoms with Gasteiger partial charge in [0, 0.05) is 12.0 Å². The van der Waals surface area contributed by atoms with E-state index in [4.69, 9.17) is 5.73 Å². The second-order valence-corrected chi connectivity index (χ2v) is 6.48. The maximum absolute atomic E-state index is 11.7. The van der Waals surface area contributed by atoms with Crippen molar-refractivity contribution in [3.63, 3.8) is 0 Å². The van der Waals surface area contributed by atoms with Crippen molar-refractivity contribution in [3.05, 3.63) is 0 Å². The molecule has 0 saturated heterocycles. The molecule has 92 valence electrons. The van der Waals surface area contributed by atoms with Crippen LogP contribution < -0.4 is 5.73 Å². The summed E-state index contributed by atoms with van der Waals surface area (Å²) in [4.78, 5) is 0. The normalized spacial score (nSPS) is 14.3. The van der Waals surface area contributed by atoms with Gasteiger partial charge in [0.1, 0.15) is 0 Å². The third-order valence-electron chi connectivity index (χ3n) is 1.51. The summed E-state index contributed by atoms with van der Waals surface area (Å²) in [5.74, 6) is -0.759. The van der Waals surface area contributed by atoms with Gasteiger partial charge in [-0.3, -0.25) is 0 Å². The molecular formula is C8H16F3NO2S. The minimum absolute atomic E-state index is 0.294. The van der Waals surface area contributed by atoms with Crippen LogP contribution in [-0.2, 0) is 9.84 Å². The molecule has 0 spiro atoms. The van der Waals surface area contributed by atoms with Gasteiger partial charge in [-0.05, 0) is 20.3 Å². The van der Waals surface area contributed by atoms with E-state index in [9.17, 15) is 21.6 Å². The van der Waals surface area contributed by atoms with Crippen molar-refractivity contribution < 1.29 is 21.6 Å². The quantitative estimate of drug-likeness (QED) is 0.800. The third kappa shape index (κ3) is 9.99. The fraction of sp³-hybridized carbons (Fsp3) is 1.00. The van der Waals surface area contributed by atoms with Crippen LogP contribution in [0.2, 0.25) is 0 Å². The van der Waals surface area contributed by atoms with Gasteiger partial charge in [-0.15, -0.1) is 0 Å². The van der Waals surface area contributed by atoms with Gasteiger partial charge in [-0.2, -0.15) is 13.2 Å². The summed E-state index contributed by atoms with van der Waals surface area (Å²) >= 11 is 0. The number of halogens is 3. The molecule has 0 aliphatic heterocycles. The predicted octanol–water partition coefficient (Wildman–Crippen LogP) is 1.48. The standard InChI is InChI=1S/C8H16F3NO2S/c1-7(2,12)6-15(13,14)5-3-4-8(9,10)11/h3-6,12H2,1-2H3. The minimum atomic E-state index is -4.30. The molecule has 7 heteroatoms. The van der Waals surface area contributed by atoms with Crippen LogP contribution in [0.15, 0.2) is 0 Å². The van der Waals surface area contributed by atoms with Crippen LogP contribution >= 0.6 is 0 Å². The average molecular weight is 247 g/mol. The van der Waals surface area contributed by atoms with E-state index in [2.05, 4.69) is 0 Å². The van der Waals surface area contributed by atoms with E-state index in [0.717, 1.165) is 0 Å². The highest BCUT2D eigenvalue weighted by Crippen LogP contribution is 2.21. The van der Waals surface area contributed by atoms with Crippen molar-refractivity contribution in [1.82, 2.24) is 0 Å². The molecule has 0 aromatic rings. The van der Waals surface area contributed by atoms with Crippen LogP contribution in [0.5, 0.6) is 0 Å². The Morgan fingerprint density at radius 3 is 2.00 bits per heavy atom. The monoisotopic (exact) mass is 247 g/mol. The van der Waals surface area contributed by atoms with Gasteiger partial charge < -0.3 is 5.73 Å². The first-order chi connectivity index (χ1) is 6.41. The fourth-order valence-corrected chi connectivity index (χ4v) is 2.99. The van der Waals surface area contributed by atoms with Gasteiger partial charge in [0.25, 0.3) is 0 Å². The number of nitrogens with two attached hydrogens (primary N) is 1. The molecule has 15 heavy (non-hydrogen) atoms. The van der Waals surface area contributed by atoms with Crippen molar-refractivity contribution in [2.75, 3.05) is 11.5 Å². The van der Waals surface area contributed by atoms with Crippen molar-refractivity contribution in [2.45, 2.75) is 38.4 Å². The summed E-state index contributed by atoms with van der Waals surface area (Å²) in [7, 11) is -3.49. The lowest BCUT2D eigenvalue weighted by atomic mass is 10.1. The Kier molecular flexibility index (Phi) is 4.60. The van der Waals surface area contributed by atoms with Gasteiger partial charge in [0.05, 0.1) is 11.5 Å². The van der Waals surface area contributed by atoms with Crippen molar-refractivity contribution in [1.29, 1.82) is 0 Å². The maximum atomic E-state index is 11.7. The lowest BCUT2D eigenvalue weighted by Crippen LogP contribution is -2.40. The van der Waals surface area contributed by atoms with Crippen LogP contribution in [0.1, 0.15) is 26.7 Å². The highest BCUT2D eigenvalue weighted by molar-refractivity contribution is 7.91. The summed E-state index contributed by atoms with van der Waals surface area (Å²) in [6, 6.07) is 0. The molecule has 0 unspecified atom stereocenters. The molecule has 0 atom stereocenters. The van der Waals surface area contributed by atoms with Crippen LogP contribution in [0.3, 0.4) is 0 Å². The number of hydrogen-bond donors (Lipinski definition) is 1. The fourth-order valence-electron chi connectivity index (χ4n) is 1.13. The van der Waals surface area contributed by atoms with Crippen LogP contribution in [-0.4, -0.2) is 31.6 Å². The molecule has 0 fully saturated rings. The van der Waals surface area contributed by atoms with Crippen LogP contribution in [0.4, 0.5) is 13.2 Å². The van der Waals surface area contributed by atoms with Crippen molar-refractivity contribution in [2.24, 2.45) is 5.73 Å². The Bertz CT molecular complexity index is 290. The topological polar surface area (TPSA) is 60.2 Å². The first-order valence-electron chi connectivity index (χ1n) is 4.47. The molecule has 0 rings (SSSR count). The molecule has 2 N–H and O–H groups in total. The molecule has 0 amide bonds. The Morgan fingerprint density at radius 2 is 1.67 bits per heavy atom. The van der Waals surface area contributed by atoms with E-state index in [1.54, 1.807) is 0 Å². The molecule has 0 aliphatic carbocycles. The molecular weight excluding hydrogens is 231 g/mol. The zero-order valence-electron chi connectivity index (χ0n) is 8.76. The van der Waals surface area contributed by atoms with Crippen LogP contribution in [0, 0.1) is 0 Å². The summed E-state index contributed by atoms with van der Waals surface area (Å²) in [5, 5.41) is 0. The number of sulfone groups is 1. The third-order valence-corrected chi connectivity index (χ3v) is 3.60. The molecule has 0 radical (unpaired) electrons. The van der Waals surface area contributed by atoms with E-state index >= 15 is 0 Å². The maximum Gasteiger partial charge on any atom is 0.389 e. The van der Waals surface area contributed by atoms with Gasteiger partial charge in [0.15, 0.2) is 9.84 Å². The summed E-state index contributed by atoms with van der Waals surface area (Å²) in [6.45, 7) is 3.04. The molecule has 0 aliphatic rings. The Hall–Kier alpha value is -0.300. The zero-order chi connectivity index (χ0) is 12.3. The largest absolute Gasteiger partial charge is 0.389 e. The highest BCUT2D eigenvalue weighted by Gasteiger charge is 2.28. The first-order valence-corrected chi connectivity index (χ1v) is 6.29. The van der Waals surface area contributed by atoms with E-state index in [0.29, 0.717) is 0 Å². The predicted molar refractivity (Wildman–Crippen MR) is 52.2 cm³/mol. The van der Waals surface area contributed by atoms with Crippen molar-refractivity contribution in [3.8, 4) is 0 Å². The number of rotatable bonds is 5. The van der Waals surface area contributed by atoms with E-state index < -0.39 is 40.1 Å². The summed E-state index contributed by atoms with van der Waals surface area (Å²) < 4.78 is 57.8. The SMILES string of the molecule is CC(C)(N)CS(=O)(=O)CCCC(F)(F)F. The second kappa shape index (κ2) is 4.69. The van der Waals surface area contributed by atoms with E-state index in [-0.39, 0.29) is 5.75 Å². The molecule has 0 bridgehead atoms. The van der Waals surface area contributed by atoms with E-state index in [1.165, 1.54) is 13.8 Å².